The van der Waals surface area contributed by atoms with Gasteiger partial charge in [-0.1, -0.05) is 72.4 Å². The highest BCUT2D eigenvalue weighted by molar-refractivity contribution is 7.99. The summed E-state index contributed by atoms with van der Waals surface area (Å²) < 4.78 is 0. The summed E-state index contributed by atoms with van der Waals surface area (Å²) in [5, 5.41) is 4.14. The molecule has 0 radical (unpaired) electrons. The van der Waals surface area contributed by atoms with E-state index >= 15 is 0 Å². The first-order chi connectivity index (χ1) is 14.9. The Morgan fingerprint density at radius 2 is 1.84 bits per heavy atom. The Balaban J connectivity index is 1.68. The summed E-state index contributed by atoms with van der Waals surface area (Å²) in [7, 11) is 0. The molecule has 166 valence electrons. The minimum atomic E-state index is -0.586. The SMILES string of the molecule is C[C@H](C(=O)NC1CCCC1)N(Cc1ccc(Cl)cc1Cl)C(=O)CSCc1ccccc1. The fraction of sp³-hybridized carbons (Fsp3) is 0.417. The van der Waals surface area contributed by atoms with Crippen LogP contribution in [0.25, 0.3) is 0 Å². The molecule has 1 N–H and O–H groups in total. The fourth-order valence-electron chi connectivity index (χ4n) is 3.72. The normalized spacial score (nSPS) is 14.9. The van der Waals surface area contributed by atoms with Crippen molar-refractivity contribution < 1.29 is 9.59 Å². The summed E-state index contributed by atoms with van der Waals surface area (Å²) in [4.78, 5) is 27.7. The van der Waals surface area contributed by atoms with Crippen LogP contribution < -0.4 is 5.32 Å². The van der Waals surface area contributed by atoms with E-state index in [1.54, 1.807) is 35.7 Å². The van der Waals surface area contributed by atoms with Crippen LogP contribution in [0.2, 0.25) is 10.0 Å². The third-order valence-corrected chi connectivity index (χ3v) is 7.14. The Labute approximate surface area is 198 Å². The maximum atomic E-state index is 13.2. The Hall–Kier alpha value is -1.69. The molecule has 1 aliphatic rings. The lowest BCUT2D eigenvalue weighted by atomic mass is 10.1. The van der Waals surface area contributed by atoms with E-state index in [0.717, 1.165) is 37.0 Å². The molecule has 0 spiro atoms. The second-order valence-corrected chi connectivity index (χ2v) is 9.73. The largest absolute Gasteiger partial charge is 0.352 e. The molecule has 1 aliphatic carbocycles. The molecule has 1 atom stereocenters. The molecule has 0 unspecified atom stereocenters. The van der Waals surface area contributed by atoms with E-state index in [2.05, 4.69) is 5.32 Å². The molecule has 0 aliphatic heterocycles. The highest BCUT2D eigenvalue weighted by atomic mass is 35.5. The number of hydrogen-bond donors (Lipinski definition) is 1. The van der Waals surface area contributed by atoms with Gasteiger partial charge in [-0.25, -0.2) is 0 Å². The molecule has 1 fully saturated rings. The van der Waals surface area contributed by atoms with Crippen LogP contribution in [-0.4, -0.2) is 34.6 Å². The summed E-state index contributed by atoms with van der Waals surface area (Å²) in [6.45, 7) is 2.05. The fourth-order valence-corrected chi connectivity index (χ4v) is 5.06. The van der Waals surface area contributed by atoms with Crippen molar-refractivity contribution in [1.29, 1.82) is 0 Å². The van der Waals surface area contributed by atoms with Gasteiger partial charge in [-0.3, -0.25) is 9.59 Å². The van der Waals surface area contributed by atoms with Gasteiger partial charge in [-0.15, -0.1) is 11.8 Å². The van der Waals surface area contributed by atoms with Crippen molar-refractivity contribution in [3.8, 4) is 0 Å². The number of nitrogens with one attached hydrogen (secondary N) is 1. The first kappa shape index (κ1) is 24.0. The zero-order valence-electron chi connectivity index (χ0n) is 17.7. The van der Waals surface area contributed by atoms with E-state index < -0.39 is 6.04 Å². The minimum Gasteiger partial charge on any atom is -0.352 e. The number of carbonyl (C=O) groups excluding carboxylic acids is 2. The molecule has 0 bridgehead atoms. The van der Waals surface area contributed by atoms with E-state index in [1.807, 2.05) is 36.4 Å². The van der Waals surface area contributed by atoms with Gasteiger partial charge < -0.3 is 10.2 Å². The lowest BCUT2D eigenvalue weighted by Crippen LogP contribution is -2.50. The van der Waals surface area contributed by atoms with E-state index in [-0.39, 0.29) is 24.4 Å². The summed E-state index contributed by atoms with van der Waals surface area (Å²) in [6, 6.07) is 14.9. The second kappa shape index (κ2) is 11.8. The van der Waals surface area contributed by atoms with E-state index in [9.17, 15) is 9.59 Å². The average molecular weight is 479 g/mol. The van der Waals surface area contributed by atoms with Gasteiger partial charge in [0, 0.05) is 28.4 Å². The third-order valence-electron chi connectivity index (χ3n) is 5.56. The molecule has 31 heavy (non-hydrogen) atoms. The maximum absolute atomic E-state index is 13.2. The molecule has 4 nitrogen and oxygen atoms in total. The van der Waals surface area contributed by atoms with Crippen molar-refractivity contribution in [1.82, 2.24) is 10.2 Å². The Kier molecular flexibility index (Phi) is 9.12. The van der Waals surface area contributed by atoms with Crippen molar-refractivity contribution in [2.24, 2.45) is 0 Å². The topological polar surface area (TPSA) is 49.4 Å². The molecular weight excluding hydrogens is 451 g/mol. The standard InChI is InChI=1S/C24H28Cl2N2O2S/c1-17(24(30)27-21-9-5-6-10-21)28(14-19-11-12-20(25)13-22(19)26)23(29)16-31-15-18-7-3-2-4-8-18/h2-4,7-8,11-13,17,21H,5-6,9-10,14-16H2,1H3,(H,27,30)/t17-/m1/s1. The molecule has 7 heteroatoms. The van der Waals surface area contributed by atoms with Gasteiger partial charge in [0.05, 0.1) is 5.75 Å². The van der Waals surface area contributed by atoms with E-state index in [4.69, 9.17) is 23.2 Å². The predicted octanol–water partition coefficient (Wildman–Crippen LogP) is 5.70. The molecule has 2 aromatic carbocycles. The van der Waals surface area contributed by atoms with Crippen LogP contribution in [0.4, 0.5) is 0 Å². The van der Waals surface area contributed by atoms with Crippen molar-refractivity contribution in [2.75, 3.05) is 5.75 Å². The number of nitrogens with zero attached hydrogens (tertiary/aromatic N) is 1. The summed E-state index contributed by atoms with van der Waals surface area (Å²) >= 11 is 13.9. The Bertz CT molecular complexity index is 888. The molecule has 2 aromatic rings. The Morgan fingerprint density at radius 1 is 1.13 bits per heavy atom. The average Bonchev–Trinajstić information content (AvgIpc) is 3.26. The quantitative estimate of drug-likeness (QED) is 0.502. The molecule has 0 aromatic heterocycles. The van der Waals surface area contributed by atoms with Crippen LogP contribution in [0.15, 0.2) is 48.5 Å². The predicted molar refractivity (Wildman–Crippen MR) is 129 cm³/mol. The van der Waals surface area contributed by atoms with Crippen molar-refractivity contribution in [2.45, 2.75) is 57.0 Å². The lowest BCUT2D eigenvalue weighted by Gasteiger charge is -2.30. The van der Waals surface area contributed by atoms with Gasteiger partial charge >= 0.3 is 0 Å². The first-order valence-electron chi connectivity index (χ1n) is 10.6. The Morgan fingerprint density at radius 3 is 2.52 bits per heavy atom. The van der Waals surface area contributed by atoms with Crippen molar-refractivity contribution >= 4 is 46.8 Å². The number of hydrogen-bond acceptors (Lipinski definition) is 3. The van der Waals surface area contributed by atoms with Crippen LogP contribution in [0, 0.1) is 0 Å². The highest BCUT2D eigenvalue weighted by Gasteiger charge is 2.28. The van der Waals surface area contributed by atoms with Gasteiger partial charge in [0.15, 0.2) is 0 Å². The monoisotopic (exact) mass is 478 g/mol. The lowest BCUT2D eigenvalue weighted by molar-refractivity contribution is -0.138. The number of thioether (sulfide) groups is 1. The number of benzene rings is 2. The summed E-state index contributed by atoms with van der Waals surface area (Å²) in [5.74, 6) is 0.839. The van der Waals surface area contributed by atoms with Crippen molar-refractivity contribution in [3.63, 3.8) is 0 Å². The molecule has 1 saturated carbocycles. The van der Waals surface area contributed by atoms with Gasteiger partial charge in [-0.05, 0) is 43.0 Å². The zero-order chi connectivity index (χ0) is 22.2. The third kappa shape index (κ3) is 7.16. The van der Waals surface area contributed by atoms with Crippen LogP contribution >= 0.6 is 35.0 Å². The van der Waals surface area contributed by atoms with Crippen molar-refractivity contribution in [3.05, 3.63) is 69.7 Å². The van der Waals surface area contributed by atoms with Crippen LogP contribution in [0.5, 0.6) is 0 Å². The zero-order valence-corrected chi connectivity index (χ0v) is 20.0. The molecule has 3 rings (SSSR count). The molecular formula is C24H28Cl2N2O2S. The van der Waals surface area contributed by atoms with Crippen LogP contribution in [-0.2, 0) is 21.9 Å². The highest BCUT2D eigenvalue weighted by Crippen LogP contribution is 2.24. The van der Waals surface area contributed by atoms with E-state index in [1.165, 1.54) is 5.56 Å². The number of carbonyl (C=O) groups is 2. The van der Waals surface area contributed by atoms with Gasteiger partial charge in [0.25, 0.3) is 0 Å². The minimum absolute atomic E-state index is 0.0824. The second-order valence-electron chi connectivity index (χ2n) is 7.90. The number of amides is 2. The van der Waals surface area contributed by atoms with Gasteiger partial charge in [0.2, 0.25) is 11.8 Å². The van der Waals surface area contributed by atoms with Crippen LogP contribution in [0.3, 0.4) is 0 Å². The first-order valence-corrected chi connectivity index (χ1v) is 12.5. The van der Waals surface area contributed by atoms with E-state index in [0.29, 0.717) is 15.8 Å². The molecule has 2 amide bonds. The molecule has 0 heterocycles. The van der Waals surface area contributed by atoms with Gasteiger partial charge in [-0.2, -0.15) is 0 Å². The summed E-state index contributed by atoms with van der Waals surface area (Å²) in [6.07, 6.45) is 4.28. The number of rotatable bonds is 9. The maximum Gasteiger partial charge on any atom is 0.242 e. The molecule has 0 saturated heterocycles. The van der Waals surface area contributed by atoms with Crippen LogP contribution in [0.1, 0.15) is 43.7 Å². The summed E-state index contributed by atoms with van der Waals surface area (Å²) in [5.41, 5.74) is 1.94. The number of halogens is 2. The van der Waals surface area contributed by atoms with Gasteiger partial charge in [0.1, 0.15) is 6.04 Å². The smallest absolute Gasteiger partial charge is 0.242 e.